The van der Waals surface area contributed by atoms with Crippen LogP contribution in [-0.2, 0) is 0 Å². The van der Waals surface area contributed by atoms with Crippen molar-refractivity contribution in [3.05, 3.63) is 33.3 Å². The largest absolute Gasteiger partial charge is 0.478 e. The quantitative estimate of drug-likeness (QED) is 0.892. The molecule has 0 atom stereocenters. The summed E-state index contributed by atoms with van der Waals surface area (Å²) in [7, 11) is 0. The van der Waals surface area contributed by atoms with Crippen LogP contribution in [0.2, 0.25) is 10.0 Å². The van der Waals surface area contributed by atoms with Crippen LogP contribution in [-0.4, -0.2) is 23.0 Å². The lowest BCUT2D eigenvalue weighted by Gasteiger charge is -2.10. The predicted molar refractivity (Wildman–Crippen MR) is 66.0 cm³/mol. The molecule has 92 valence electrons. The highest BCUT2D eigenvalue weighted by molar-refractivity contribution is 6.39. The molecule has 1 aromatic rings. The number of carboxylic acid groups (broad SMARTS) is 1. The second-order valence-electron chi connectivity index (χ2n) is 3.75. The summed E-state index contributed by atoms with van der Waals surface area (Å²) >= 11 is 11.5. The Morgan fingerprint density at radius 1 is 1.24 bits per heavy atom. The van der Waals surface area contributed by atoms with Gasteiger partial charge in [0.05, 0.1) is 15.6 Å². The van der Waals surface area contributed by atoms with Gasteiger partial charge in [-0.2, -0.15) is 0 Å². The summed E-state index contributed by atoms with van der Waals surface area (Å²) in [4.78, 5) is 22.5. The van der Waals surface area contributed by atoms with Gasteiger partial charge in [0.15, 0.2) is 0 Å². The zero-order valence-corrected chi connectivity index (χ0v) is 10.8. The third kappa shape index (κ3) is 3.35. The molecule has 0 spiro atoms. The molecule has 1 amide bonds. The van der Waals surface area contributed by atoms with E-state index in [-0.39, 0.29) is 33.1 Å². The summed E-state index contributed by atoms with van der Waals surface area (Å²) in [5.41, 5.74) is 0.0353. The normalized spacial score (nSPS) is 10.4. The number of nitrogens with one attached hydrogen (secondary N) is 1. The minimum Gasteiger partial charge on any atom is -0.478 e. The fraction of sp³-hybridized carbons (Fsp3) is 0.273. The summed E-state index contributed by atoms with van der Waals surface area (Å²) in [6.07, 6.45) is 0. The maximum atomic E-state index is 11.7. The monoisotopic (exact) mass is 275 g/mol. The second-order valence-corrected chi connectivity index (χ2v) is 4.56. The summed E-state index contributed by atoms with van der Waals surface area (Å²) in [5, 5.41) is 11.4. The molecule has 0 saturated carbocycles. The van der Waals surface area contributed by atoms with Gasteiger partial charge in [0.1, 0.15) is 0 Å². The van der Waals surface area contributed by atoms with Crippen LogP contribution in [0.5, 0.6) is 0 Å². The van der Waals surface area contributed by atoms with Crippen molar-refractivity contribution in [2.24, 2.45) is 0 Å². The van der Waals surface area contributed by atoms with Crippen LogP contribution in [0, 0.1) is 0 Å². The van der Waals surface area contributed by atoms with E-state index in [0.29, 0.717) is 0 Å². The summed E-state index contributed by atoms with van der Waals surface area (Å²) in [5.74, 6) is -1.57. The Morgan fingerprint density at radius 3 is 2.06 bits per heavy atom. The van der Waals surface area contributed by atoms with Gasteiger partial charge in [-0.3, -0.25) is 4.79 Å². The zero-order valence-electron chi connectivity index (χ0n) is 9.25. The number of rotatable bonds is 3. The van der Waals surface area contributed by atoms with Crippen molar-refractivity contribution in [1.82, 2.24) is 5.32 Å². The van der Waals surface area contributed by atoms with Crippen LogP contribution in [0.4, 0.5) is 0 Å². The van der Waals surface area contributed by atoms with Gasteiger partial charge in [-0.15, -0.1) is 0 Å². The first-order valence-electron chi connectivity index (χ1n) is 4.86. The number of carbonyl (C=O) groups is 2. The van der Waals surface area contributed by atoms with Crippen molar-refractivity contribution in [3.63, 3.8) is 0 Å². The third-order valence-corrected chi connectivity index (χ3v) is 2.53. The van der Waals surface area contributed by atoms with E-state index >= 15 is 0 Å². The molecule has 0 aliphatic heterocycles. The number of halogens is 2. The Kier molecular flexibility index (Phi) is 4.37. The van der Waals surface area contributed by atoms with Crippen molar-refractivity contribution < 1.29 is 14.7 Å². The highest BCUT2D eigenvalue weighted by Gasteiger charge is 2.17. The molecule has 6 heteroatoms. The molecule has 1 aromatic carbocycles. The van der Waals surface area contributed by atoms with Crippen molar-refractivity contribution in [1.29, 1.82) is 0 Å². The van der Waals surface area contributed by atoms with Gasteiger partial charge < -0.3 is 10.4 Å². The molecule has 17 heavy (non-hydrogen) atoms. The Balaban J connectivity index is 3.14. The Morgan fingerprint density at radius 2 is 1.71 bits per heavy atom. The summed E-state index contributed by atoms with van der Waals surface area (Å²) in [6, 6.07) is 2.54. The molecule has 0 fully saturated rings. The number of carbonyl (C=O) groups excluding carboxylic acids is 1. The Labute approximate surface area is 109 Å². The van der Waals surface area contributed by atoms with Crippen LogP contribution < -0.4 is 5.32 Å². The lowest BCUT2D eigenvalue weighted by atomic mass is 10.1. The topological polar surface area (TPSA) is 66.4 Å². The first-order chi connectivity index (χ1) is 7.82. The molecule has 1 rings (SSSR count). The molecule has 0 unspecified atom stereocenters. The van der Waals surface area contributed by atoms with E-state index in [1.807, 2.05) is 13.8 Å². The first-order valence-corrected chi connectivity index (χ1v) is 5.61. The Hall–Kier alpha value is -1.26. The SMILES string of the molecule is CC(C)NC(=O)c1cc(Cl)c(C(=O)O)c(Cl)c1. The van der Waals surface area contributed by atoms with E-state index in [1.54, 1.807) is 0 Å². The van der Waals surface area contributed by atoms with Gasteiger partial charge in [-0.05, 0) is 26.0 Å². The molecule has 4 nitrogen and oxygen atoms in total. The fourth-order valence-electron chi connectivity index (χ4n) is 1.25. The standard InChI is InChI=1S/C11H11Cl2NO3/c1-5(2)14-10(15)6-3-7(12)9(11(16)17)8(13)4-6/h3-5H,1-2H3,(H,14,15)(H,16,17). The maximum absolute atomic E-state index is 11.7. The number of amides is 1. The van der Waals surface area contributed by atoms with Gasteiger partial charge in [0.2, 0.25) is 0 Å². The molecule has 0 aliphatic rings. The van der Waals surface area contributed by atoms with Gasteiger partial charge in [0, 0.05) is 11.6 Å². The number of aromatic carboxylic acids is 1. The van der Waals surface area contributed by atoms with Crippen molar-refractivity contribution in [2.45, 2.75) is 19.9 Å². The average molecular weight is 276 g/mol. The molecule has 0 aliphatic carbocycles. The van der Waals surface area contributed by atoms with Gasteiger partial charge in [-0.25, -0.2) is 4.79 Å². The van der Waals surface area contributed by atoms with Crippen LogP contribution in [0.1, 0.15) is 34.6 Å². The zero-order chi connectivity index (χ0) is 13.2. The molecule has 0 heterocycles. The number of hydrogen-bond acceptors (Lipinski definition) is 2. The molecular formula is C11H11Cl2NO3. The van der Waals surface area contributed by atoms with Crippen LogP contribution in [0.15, 0.2) is 12.1 Å². The minimum absolute atomic E-state index is 0.0285. The van der Waals surface area contributed by atoms with E-state index < -0.39 is 5.97 Å². The Bertz CT molecular complexity index is 449. The molecule has 0 aromatic heterocycles. The number of carboxylic acids is 1. The summed E-state index contributed by atoms with van der Waals surface area (Å²) < 4.78 is 0. The van der Waals surface area contributed by atoms with E-state index in [0.717, 1.165) is 0 Å². The molecule has 2 N–H and O–H groups in total. The number of hydrogen-bond donors (Lipinski definition) is 2. The first kappa shape index (κ1) is 13.8. The van der Waals surface area contributed by atoms with E-state index in [1.165, 1.54) is 12.1 Å². The maximum Gasteiger partial charge on any atom is 0.338 e. The minimum atomic E-state index is -1.23. The average Bonchev–Trinajstić information content (AvgIpc) is 2.14. The molecular weight excluding hydrogens is 265 g/mol. The lowest BCUT2D eigenvalue weighted by Crippen LogP contribution is -2.30. The van der Waals surface area contributed by atoms with Crippen molar-refractivity contribution in [2.75, 3.05) is 0 Å². The molecule has 0 bridgehead atoms. The van der Waals surface area contributed by atoms with E-state index in [9.17, 15) is 9.59 Å². The predicted octanol–water partition coefficient (Wildman–Crippen LogP) is 2.83. The van der Waals surface area contributed by atoms with Gasteiger partial charge in [0.25, 0.3) is 5.91 Å². The molecule has 0 radical (unpaired) electrons. The van der Waals surface area contributed by atoms with Crippen LogP contribution >= 0.6 is 23.2 Å². The highest BCUT2D eigenvalue weighted by Crippen LogP contribution is 2.26. The van der Waals surface area contributed by atoms with Gasteiger partial charge in [-0.1, -0.05) is 23.2 Å². The van der Waals surface area contributed by atoms with Crippen LogP contribution in [0.3, 0.4) is 0 Å². The van der Waals surface area contributed by atoms with E-state index in [2.05, 4.69) is 5.32 Å². The van der Waals surface area contributed by atoms with Crippen molar-refractivity contribution >= 4 is 35.1 Å². The van der Waals surface area contributed by atoms with Crippen LogP contribution in [0.25, 0.3) is 0 Å². The lowest BCUT2D eigenvalue weighted by molar-refractivity contribution is 0.0696. The second kappa shape index (κ2) is 5.38. The van der Waals surface area contributed by atoms with Gasteiger partial charge >= 0.3 is 5.97 Å². The molecule has 0 saturated heterocycles. The van der Waals surface area contributed by atoms with E-state index in [4.69, 9.17) is 28.3 Å². The fourth-order valence-corrected chi connectivity index (χ4v) is 1.90. The number of benzene rings is 1. The third-order valence-electron chi connectivity index (χ3n) is 1.94. The summed E-state index contributed by atoms with van der Waals surface area (Å²) in [6.45, 7) is 3.62. The smallest absolute Gasteiger partial charge is 0.338 e. The van der Waals surface area contributed by atoms with Crippen molar-refractivity contribution in [3.8, 4) is 0 Å². The highest BCUT2D eigenvalue weighted by atomic mass is 35.5.